The van der Waals surface area contributed by atoms with Crippen molar-refractivity contribution in [3.8, 4) is 5.82 Å². The molecule has 2 aromatic rings. The predicted molar refractivity (Wildman–Crippen MR) is 59.1 cm³/mol. The van der Waals surface area contributed by atoms with Crippen molar-refractivity contribution in [2.45, 2.75) is 6.54 Å². The zero-order chi connectivity index (χ0) is 11.5. The topological polar surface area (TPSA) is 42.7 Å². The van der Waals surface area contributed by atoms with Crippen molar-refractivity contribution in [1.29, 1.82) is 0 Å². The number of hydrogen-bond acceptors (Lipinski definition) is 3. The zero-order valence-electron chi connectivity index (χ0n) is 8.61. The van der Waals surface area contributed by atoms with Crippen LogP contribution in [0.1, 0.15) is 5.56 Å². The normalized spacial score (nSPS) is 10.7. The van der Waals surface area contributed by atoms with E-state index in [0.717, 1.165) is 0 Å². The maximum absolute atomic E-state index is 13.9. The second-order valence-corrected chi connectivity index (χ2v) is 3.68. The van der Waals surface area contributed by atoms with Gasteiger partial charge in [0, 0.05) is 18.3 Å². The van der Waals surface area contributed by atoms with Gasteiger partial charge in [-0.2, -0.15) is 5.10 Å². The molecular weight excluding hydrogens is 231 g/mol. The van der Waals surface area contributed by atoms with Crippen LogP contribution in [0.3, 0.4) is 0 Å². The Hall–Kier alpha value is -1.46. The first-order valence-corrected chi connectivity index (χ1v) is 5.08. The summed E-state index contributed by atoms with van der Waals surface area (Å²) < 4.78 is 15.3. The van der Waals surface area contributed by atoms with Crippen molar-refractivity contribution in [3.05, 3.63) is 41.1 Å². The van der Waals surface area contributed by atoms with Crippen LogP contribution in [0.5, 0.6) is 0 Å². The third kappa shape index (κ3) is 2.05. The van der Waals surface area contributed by atoms with Gasteiger partial charge in [-0.05, 0) is 13.1 Å². The summed E-state index contributed by atoms with van der Waals surface area (Å²) in [5.41, 5.74) is 0.541. The van der Waals surface area contributed by atoms with Crippen molar-refractivity contribution in [3.63, 3.8) is 0 Å². The van der Waals surface area contributed by atoms with Crippen molar-refractivity contribution in [1.82, 2.24) is 20.1 Å². The Morgan fingerprint density at radius 1 is 1.56 bits per heavy atom. The molecule has 2 rings (SSSR count). The van der Waals surface area contributed by atoms with Gasteiger partial charge in [0.1, 0.15) is 0 Å². The average Bonchev–Trinajstić information content (AvgIpc) is 2.68. The van der Waals surface area contributed by atoms with Gasteiger partial charge in [-0.3, -0.25) is 0 Å². The van der Waals surface area contributed by atoms with Crippen LogP contribution in [-0.2, 0) is 6.54 Å². The van der Waals surface area contributed by atoms with Crippen molar-refractivity contribution < 1.29 is 4.39 Å². The molecule has 0 saturated carbocycles. The fraction of sp³-hybridized carbons (Fsp3) is 0.200. The van der Waals surface area contributed by atoms with Gasteiger partial charge in [0.2, 0.25) is 0 Å². The Labute approximate surface area is 97.1 Å². The Morgan fingerprint density at radius 2 is 2.38 bits per heavy atom. The SMILES string of the molecule is CNCc1ccnc(-n2cc(Cl)cn2)c1F. The number of nitrogens with one attached hydrogen (secondary N) is 1. The summed E-state index contributed by atoms with van der Waals surface area (Å²) in [7, 11) is 1.75. The lowest BCUT2D eigenvalue weighted by Crippen LogP contribution is -2.10. The molecule has 0 bridgehead atoms. The number of halogens is 2. The van der Waals surface area contributed by atoms with Crippen LogP contribution in [-0.4, -0.2) is 21.8 Å². The van der Waals surface area contributed by atoms with E-state index in [-0.39, 0.29) is 5.82 Å². The lowest BCUT2D eigenvalue weighted by Gasteiger charge is -2.06. The lowest BCUT2D eigenvalue weighted by molar-refractivity contribution is 0.577. The summed E-state index contributed by atoms with van der Waals surface area (Å²) in [6, 6.07) is 1.63. The smallest absolute Gasteiger partial charge is 0.190 e. The number of pyridine rings is 1. The number of rotatable bonds is 3. The van der Waals surface area contributed by atoms with Crippen LogP contribution in [0, 0.1) is 5.82 Å². The van der Waals surface area contributed by atoms with Gasteiger partial charge in [0.15, 0.2) is 11.6 Å². The predicted octanol–water partition coefficient (Wildman–Crippen LogP) is 1.78. The van der Waals surface area contributed by atoms with E-state index < -0.39 is 5.82 Å². The lowest BCUT2D eigenvalue weighted by atomic mass is 10.2. The first kappa shape index (κ1) is 11.0. The molecular formula is C10H10ClFN4. The molecule has 0 fully saturated rings. The molecule has 0 atom stereocenters. The molecule has 1 N–H and O–H groups in total. The van der Waals surface area contributed by atoms with E-state index >= 15 is 0 Å². The molecule has 16 heavy (non-hydrogen) atoms. The molecule has 6 heteroatoms. The highest BCUT2D eigenvalue weighted by molar-refractivity contribution is 6.30. The maximum atomic E-state index is 13.9. The Morgan fingerprint density at radius 3 is 3.00 bits per heavy atom. The fourth-order valence-corrected chi connectivity index (χ4v) is 1.51. The molecule has 0 spiro atoms. The quantitative estimate of drug-likeness (QED) is 0.889. The van der Waals surface area contributed by atoms with Crippen LogP contribution in [0.2, 0.25) is 5.02 Å². The molecule has 0 radical (unpaired) electrons. The highest BCUT2D eigenvalue weighted by Gasteiger charge is 2.11. The van der Waals surface area contributed by atoms with Gasteiger partial charge in [-0.25, -0.2) is 14.1 Å². The van der Waals surface area contributed by atoms with E-state index in [9.17, 15) is 4.39 Å². The van der Waals surface area contributed by atoms with Crippen molar-refractivity contribution >= 4 is 11.6 Å². The third-order valence-electron chi connectivity index (χ3n) is 2.09. The molecule has 0 aliphatic heterocycles. The highest BCUT2D eigenvalue weighted by atomic mass is 35.5. The first-order chi connectivity index (χ1) is 7.72. The molecule has 0 aliphatic rings. The van der Waals surface area contributed by atoms with Crippen LogP contribution >= 0.6 is 11.6 Å². The van der Waals surface area contributed by atoms with Crippen LogP contribution in [0.15, 0.2) is 24.7 Å². The van der Waals surface area contributed by atoms with Gasteiger partial charge in [-0.1, -0.05) is 11.6 Å². The molecule has 0 aliphatic carbocycles. The van der Waals surface area contributed by atoms with E-state index in [2.05, 4.69) is 15.4 Å². The second kappa shape index (κ2) is 4.59. The van der Waals surface area contributed by atoms with Crippen molar-refractivity contribution in [2.75, 3.05) is 7.05 Å². The number of hydrogen-bond donors (Lipinski definition) is 1. The summed E-state index contributed by atoms with van der Waals surface area (Å²) in [4.78, 5) is 3.94. The Bertz CT molecular complexity index is 497. The summed E-state index contributed by atoms with van der Waals surface area (Å²) in [6.07, 6.45) is 4.49. The average molecular weight is 241 g/mol. The van der Waals surface area contributed by atoms with Gasteiger partial charge in [-0.15, -0.1) is 0 Å². The van der Waals surface area contributed by atoms with Gasteiger partial charge >= 0.3 is 0 Å². The molecule has 0 saturated heterocycles. The minimum Gasteiger partial charge on any atom is -0.316 e. The molecule has 0 unspecified atom stereocenters. The molecule has 0 aromatic carbocycles. The van der Waals surface area contributed by atoms with Crippen molar-refractivity contribution in [2.24, 2.45) is 0 Å². The Kier molecular flexibility index (Phi) is 3.17. The Balaban J connectivity index is 2.45. The van der Waals surface area contributed by atoms with Crippen LogP contribution in [0.25, 0.3) is 5.82 Å². The molecule has 84 valence electrons. The molecule has 4 nitrogen and oxygen atoms in total. The summed E-state index contributed by atoms with van der Waals surface area (Å²) in [5, 5.41) is 7.24. The molecule has 2 aromatic heterocycles. The first-order valence-electron chi connectivity index (χ1n) is 4.71. The van der Waals surface area contributed by atoms with Gasteiger partial charge in [0.05, 0.1) is 17.4 Å². The highest BCUT2D eigenvalue weighted by Crippen LogP contribution is 2.15. The summed E-state index contributed by atoms with van der Waals surface area (Å²) in [5.74, 6) is -0.240. The standard InChI is InChI=1S/C10H10ClFN4/c1-13-4-7-2-3-14-10(9(7)12)16-6-8(11)5-15-16/h2-3,5-6,13H,4H2,1H3. The monoisotopic (exact) mass is 240 g/mol. The van der Waals surface area contributed by atoms with Gasteiger partial charge < -0.3 is 5.32 Å². The number of aromatic nitrogens is 3. The van der Waals surface area contributed by atoms with E-state index in [1.807, 2.05) is 0 Å². The molecule has 0 amide bonds. The summed E-state index contributed by atoms with van der Waals surface area (Å²) in [6.45, 7) is 0.441. The fourth-order valence-electron chi connectivity index (χ4n) is 1.37. The minimum absolute atomic E-state index is 0.152. The largest absolute Gasteiger partial charge is 0.316 e. The third-order valence-corrected chi connectivity index (χ3v) is 2.28. The van der Waals surface area contributed by atoms with Gasteiger partial charge in [0.25, 0.3) is 0 Å². The number of nitrogens with zero attached hydrogens (tertiary/aromatic N) is 3. The maximum Gasteiger partial charge on any atom is 0.190 e. The molecule has 2 heterocycles. The minimum atomic E-state index is -0.392. The van der Waals surface area contributed by atoms with E-state index in [1.165, 1.54) is 17.1 Å². The van der Waals surface area contributed by atoms with E-state index in [0.29, 0.717) is 17.1 Å². The summed E-state index contributed by atoms with van der Waals surface area (Å²) >= 11 is 5.72. The van der Waals surface area contributed by atoms with E-state index in [1.54, 1.807) is 19.3 Å². The van der Waals surface area contributed by atoms with E-state index in [4.69, 9.17) is 11.6 Å². The van der Waals surface area contributed by atoms with Crippen LogP contribution < -0.4 is 5.32 Å². The van der Waals surface area contributed by atoms with Crippen LogP contribution in [0.4, 0.5) is 4.39 Å². The zero-order valence-corrected chi connectivity index (χ0v) is 9.37. The second-order valence-electron chi connectivity index (χ2n) is 3.24.